The highest BCUT2D eigenvalue weighted by molar-refractivity contribution is 4.59. The molecule has 0 spiro atoms. The minimum Gasteiger partial charge on any atom is -0.382 e. The van der Waals surface area contributed by atoms with Crippen molar-refractivity contribution in [1.29, 1.82) is 0 Å². The highest BCUT2D eigenvalue weighted by Gasteiger charge is 1.95. The van der Waals surface area contributed by atoms with E-state index in [2.05, 4.69) is 12.2 Å². The predicted octanol–water partition coefficient (Wildman–Crippen LogP) is 0.740. The van der Waals surface area contributed by atoms with Crippen molar-refractivity contribution < 1.29 is 4.74 Å². The first-order chi connectivity index (χ1) is 5.81. The molecular formula is C9H22N2O. The Kier molecular flexibility index (Phi) is 8.88. The van der Waals surface area contributed by atoms with Gasteiger partial charge in [-0.05, 0) is 33.2 Å². The van der Waals surface area contributed by atoms with Gasteiger partial charge in [-0.25, -0.2) is 0 Å². The minimum absolute atomic E-state index is 0.442. The van der Waals surface area contributed by atoms with Gasteiger partial charge in [0.25, 0.3) is 0 Å². The van der Waals surface area contributed by atoms with Gasteiger partial charge in [0.05, 0.1) is 0 Å². The molecule has 0 rings (SSSR count). The fourth-order valence-electron chi connectivity index (χ4n) is 0.905. The second kappa shape index (κ2) is 8.97. The van der Waals surface area contributed by atoms with E-state index < -0.39 is 0 Å². The monoisotopic (exact) mass is 174 g/mol. The van der Waals surface area contributed by atoms with E-state index in [9.17, 15) is 0 Å². The first-order valence-electron chi connectivity index (χ1n) is 4.82. The molecule has 3 N–H and O–H groups in total. The Hall–Kier alpha value is -0.120. The van der Waals surface area contributed by atoms with Crippen LogP contribution >= 0.6 is 0 Å². The largest absolute Gasteiger partial charge is 0.382 e. The zero-order chi connectivity index (χ0) is 9.23. The second-order valence-corrected chi connectivity index (χ2v) is 2.99. The van der Waals surface area contributed by atoms with E-state index >= 15 is 0 Å². The maximum Gasteiger partial charge on any atom is 0.0466 e. The topological polar surface area (TPSA) is 47.3 Å². The molecule has 3 heteroatoms. The summed E-state index contributed by atoms with van der Waals surface area (Å²) >= 11 is 0. The van der Waals surface area contributed by atoms with Crippen LogP contribution in [0.25, 0.3) is 0 Å². The first kappa shape index (κ1) is 11.9. The lowest BCUT2D eigenvalue weighted by Crippen LogP contribution is -2.33. The van der Waals surface area contributed by atoms with Crippen molar-refractivity contribution in [2.45, 2.75) is 32.7 Å². The lowest BCUT2D eigenvalue weighted by atomic mass is 10.3. The lowest BCUT2D eigenvalue weighted by molar-refractivity contribution is 0.143. The molecule has 0 saturated heterocycles. The standard InChI is InChI=1S/C9H22N2O/c1-3-12-7-5-4-6-11-9(2)8-10/h9,11H,3-8,10H2,1-2H3/t9-/m0/s1. The summed E-state index contributed by atoms with van der Waals surface area (Å²) in [6, 6.07) is 0.442. The third-order valence-corrected chi connectivity index (χ3v) is 1.77. The van der Waals surface area contributed by atoms with Crippen LogP contribution in [0.1, 0.15) is 26.7 Å². The summed E-state index contributed by atoms with van der Waals surface area (Å²) in [5.74, 6) is 0. The number of hydrogen-bond acceptors (Lipinski definition) is 3. The fourth-order valence-corrected chi connectivity index (χ4v) is 0.905. The molecule has 0 bridgehead atoms. The Labute approximate surface area is 75.7 Å². The summed E-state index contributed by atoms with van der Waals surface area (Å²) in [5, 5.41) is 3.33. The van der Waals surface area contributed by atoms with Gasteiger partial charge in [-0.15, -0.1) is 0 Å². The van der Waals surface area contributed by atoms with Gasteiger partial charge in [0, 0.05) is 25.8 Å². The van der Waals surface area contributed by atoms with Crippen LogP contribution in [0.3, 0.4) is 0 Å². The quantitative estimate of drug-likeness (QED) is 0.534. The van der Waals surface area contributed by atoms with Crippen molar-refractivity contribution >= 4 is 0 Å². The van der Waals surface area contributed by atoms with E-state index in [1.165, 1.54) is 6.42 Å². The van der Waals surface area contributed by atoms with Crippen LogP contribution in [0.2, 0.25) is 0 Å². The van der Waals surface area contributed by atoms with Gasteiger partial charge in [-0.2, -0.15) is 0 Å². The van der Waals surface area contributed by atoms with Crippen molar-refractivity contribution in [2.24, 2.45) is 5.73 Å². The molecule has 0 aliphatic heterocycles. The number of ether oxygens (including phenoxy) is 1. The van der Waals surface area contributed by atoms with Crippen molar-refractivity contribution in [3.8, 4) is 0 Å². The molecular weight excluding hydrogens is 152 g/mol. The zero-order valence-electron chi connectivity index (χ0n) is 8.31. The number of nitrogens with one attached hydrogen (secondary N) is 1. The Morgan fingerprint density at radius 1 is 1.42 bits per heavy atom. The average molecular weight is 174 g/mol. The summed E-state index contributed by atoms with van der Waals surface area (Å²) in [6.07, 6.45) is 2.31. The maximum absolute atomic E-state index is 5.45. The van der Waals surface area contributed by atoms with Gasteiger partial charge < -0.3 is 15.8 Å². The van der Waals surface area contributed by atoms with Crippen LogP contribution in [0, 0.1) is 0 Å². The molecule has 0 aromatic heterocycles. The maximum atomic E-state index is 5.45. The predicted molar refractivity (Wildman–Crippen MR) is 52.2 cm³/mol. The molecule has 12 heavy (non-hydrogen) atoms. The van der Waals surface area contributed by atoms with Crippen LogP contribution in [-0.2, 0) is 4.74 Å². The van der Waals surface area contributed by atoms with E-state index in [1.807, 2.05) is 6.92 Å². The molecule has 0 aromatic carbocycles. The van der Waals surface area contributed by atoms with E-state index in [0.29, 0.717) is 12.6 Å². The molecule has 0 amide bonds. The van der Waals surface area contributed by atoms with Gasteiger partial charge in [0.1, 0.15) is 0 Å². The molecule has 3 nitrogen and oxygen atoms in total. The molecule has 0 aromatic rings. The van der Waals surface area contributed by atoms with Crippen LogP contribution < -0.4 is 11.1 Å². The van der Waals surface area contributed by atoms with E-state index in [-0.39, 0.29) is 0 Å². The van der Waals surface area contributed by atoms with Gasteiger partial charge in [-0.1, -0.05) is 0 Å². The highest BCUT2D eigenvalue weighted by atomic mass is 16.5. The SMILES string of the molecule is CCOCCCCN[C@@H](C)CN. The van der Waals surface area contributed by atoms with E-state index in [4.69, 9.17) is 10.5 Å². The third-order valence-electron chi connectivity index (χ3n) is 1.77. The number of nitrogens with two attached hydrogens (primary N) is 1. The Morgan fingerprint density at radius 3 is 2.75 bits per heavy atom. The third kappa shape index (κ3) is 7.98. The van der Waals surface area contributed by atoms with Gasteiger partial charge in [-0.3, -0.25) is 0 Å². The summed E-state index contributed by atoms with van der Waals surface area (Å²) in [6.45, 7) is 7.59. The Balaban J connectivity index is 2.90. The number of hydrogen-bond donors (Lipinski definition) is 2. The fraction of sp³-hybridized carbons (Fsp3) is 1.00. The van der Waals surface area contributed by atoms with E-state index in [0.717, 1.165) is 26.2 Å². The lowest BCUT2D eigenvalue weighted by Gasteiger charge is -2.10. The van der Waals surface area contributed by atoms with Crippen molar-refractivity contribution in [3.63, 3.8) is 0 Å². The summed E-state index contributed by atoms with van der Waals surface area (Å²) in [5.41, 5.74) is 5.45. The zero-order valence-corrected chi connectivity index (χ0v) is 8.31. The summed E-state index contributed by atoms with van der Waals surface area (Å²) in [4.78, 5) is 0. The smallest absolute Gasteiger partial charge is 0.0466 e. The molecule has 0 fully saturated rings. The van der Waals surface area contributed by atoms with Crippen LogP contribution in [0.4, 0.5) is 0 Å². The molecule has 0 aliphatic carbocycles. The van der Waals surface area contributed by atoms with Crippen LogP contribution in [0.15, 0.2) is 0 Å². The van der Waals surface area contributed by atoms with Gasteiger partial charge in [0.2, 0.25) is 0 Å². The number of rotatable bonds is 8. The van der Waals surface area contributed by atoms with Crippen molar-refractivity contribution in [2.75, 3.05) is 26.3 Å². The van der Waals surface area contributed by atoms with Crippen LogP contribution in [0.5, 0.6) is 0 Å². The molecule has 0 saturated carbocycles. The van der Waals surface area contributed by atoms with Crippen molar-refractivity contribution in [3.05, 3.63) is 0 Å². The number of unbranched alkanes of at least 4 members (excludes halogenated alkanes) is 1. The van der Waals surface area contributed by atoms with Gasteiger partial charge in [0.15, 0.2) is 0 Å². The highest BCUT2D eigenvalue weighted by Crippen LogP contribution is 1.89. The molecule has 0 unspecified atom stereocenters. The Bertz CT molecular complexity index is 88.6. The molecule has 0 heterocycles. The Morgan fingerprint density at radius 2 is 2.17 bits per heavy atom. The first-order valence-corrected chi connectivity index (χ1v) is 4.82. The van der Waals surface area contributed by atoms with Crippen molar-refractivity contribution in [1.82, 2.24) is 5.32 Å². The molecule has 1 atom stereocenters. The molecule has 74 valence electrons. The van der Waals surface area contributed by atoms with Crippen LogP contribution in [-0.4, -0.2) is 32.3 Å². The van der Waals surface area contributed by atoms with Gasteiger partial charge >= 0.3 is 0 Å². The van der Waals surface area contributed by atoms with E-state index in [1.54, 1.807) is 0 Å². The second-order valence-electron chi connectivity index (χ2n) is 2.99. The summed E-state index contributed by atoms with van der Waals surface area (Å²) < 4.78 is 5.21. The minimum atomic E-state index is 0.442. The molecule has 0 aliphatic rings. The molecule has 0 radical (unpaired) electrons. The summed E-state index contributed by atoms with van der Waals surface area (Å²) in [7, 11) is 0. The average Bonchev–Trinajstić information content (AvgIpc) is 2.10. The normalized spacial score (nSPS) is 13.2.